The van der Waals surface area contributed by atoms with Crippen molar-refractivity contribution in [3.8, 4) is 0 Å². The summed E-state index contributed by atoms with van der Waals surface area (Å²) in [6.45, 7) is 4.31. The lowest BCUT2D eigenvalue weighted by molar-refractivity contribution is 1.06. The average Bonchev–Trinajstić information content (AvgIpc) is 2.58. The van der Waals surface area contributed by atoms with Crippen LogP contribution in [0.15, 0.2) is 66.7 Å². The molecule has 0 spiro atoms. The first-order valence-corrected chi connectivity index (χ1v) is 8.10. The van der Waals surface area contributed by atoms with E-state index in [1.165, 1.54) is 33.4 Å². The molecular weight excluding hydrogens is 278 g/mol. The fraction of sp³-hybridized carbons (Fsp3) is 0.182. The summed E-state index contributed by atoms with van der Waals surface area (Å²) >= 11 is 0. The van der Waals surface area contributed by atoms with Crippen molar-refractivity contribution in [1.29, 1.82) is 0 Å². The molecule has 3 rings (SSSR count). The molecule has 0 aromatic heterocycles. The highest BCUT2D eigenvalue weighted by Crippen LogP contribution is 2.28. The van der Waals surface area contributed by atoms with Crippen LogP contribution >= 0.6 is 0 Å². The first kappa shape index (κ1) is 15.4. The van der Waals surface area contributed by atoms with Crippen LogP contribution in [0.4, 0.5) is 5.69 Å². The lowest BCUT2D eigenvalue weighted by Crippen LogP contribution is -2.05. The molecule has 0 aliphatic carbocycles. The Morgan fingerprint density at radius 2 is 1.22 bits per heavy atom. The van der Waals surface area contributed by atoms with Crippen LogP contribution < -0.4 is 5.73 Å². The Kier molecular flexibility index (Phi) is 4.47. The van der Waals surface area contributed by atoms with Crippen molar-refractivity contribution in [2.75, 3.05) is 5.73 Å². The molecule has 0 heterocycles. The van der Waals surface area contributed by atoms with Gasteiger partial charge in [0.15, 0.2) is 0 Å². The lowest BCUT2D eigenvalue weighted by atomic mass is 9.88. The third-order valence-electron chi connectivity index (χ3n) is 4.63. The minimum Gasteiger partial charge on any atom is -0.398 e. The molecule has 3 aromatic carbocycles. The zero-order valence-corrected chi connectivity index (χ0v) is 13.8. The normalized spacial score (nSPS) is 10.7. The molecule has 0 atom stereocenters. The van der Waals surface area contributed by atoms with Gasteiger partial charge in [0.1, 0.15) is 0 Å². The predicted molar refractivity (Wildman–Crippen MR) is 98.8 cm³/mol. The van der Waals surface area contributed by atoms with E-state index in [4.69, 9.17) is 5.73 Å². The monoisotopic (exact) mass is 301 g/mol. The molecular formula is C22H23N. The molecule has 3 aromatic rings. The van der Waals surface area contributed by atoms with Crippen LogP contribution in [-0.4, -0.2) is 0 Å². The number of hydrogen-bond acceptors (Lipinski definition) is 1. The van der Waals surface area contributed by atoms with E-state index in [1.54, 1.807) is 0 Å². The number of benzene rings is 3. The lowest BCUT2D eigenvalue weighted by Gasteiger charge is -2.17. The summed E-state index contributed by atoms with van der Waals surface area (Å²) in [5.74, 6) is 0. The molecule has 0 aliphatic rings. The first-order valence-electron chi connectivity index (χ1n) is 8.10. The van der Waals surface area contributed by atoms with Gasteiger partial charge in [0.25, 0.3) is 0 Å². The Morgan fingerprint density at radius 1 is 0.696 bits per heavy atom. The van der Waals surface area contributed by atoms with E-state index in [2.05, 4.69) is 80.6 Å². The number of nitrogens with two attached hydrogens (primary N) is 1. The van der Waals surface area contributed by atoms with Crippen LogP contribution in [0.1, 0.15) is 33.4 Å². The van der Waals surface area contributed by atoms with Gasteiger partial charge in [-0.1, -0.05) is 60.7 Å². The van der Waals surface area contributed by atoms with Gasteiger partial charge >= 0.3 is 0 Å². The van der Waals surface area contributed by atoms with E-state index < -0.39 is 0 Å². The summed E-state index contributed by atoms with van der Waals surface area (Å²) in [6, 6.07) is 23.4. The first-order chi connectivity index (χ1) is 11.1. The summed E-state index contributed by atoms with van der Waals surface area (Å²) < 4.78 is 0. The van der Waals surface area contributed by atoms with Gasteiger partial charge in [-0.15, -0.1) is 0 Å². The van der Waals surface area contributed by atoms with Gasteiger partial charge in [0.05, 0.1) is 0 Å². The van der Waals surface area contributed by atoms with Gasteiger partial charge < -0.3 is 5.73 Å². The highest BCUT2D eigenvalue weighted by Gasteiger charge is 2.12. The Hall–Kier alpha value is -2.54. The van der Waals surface area contributed by atoms with Crippen LogP contribution in [0.3, 0.4) is 0 Å². The van der Waals surface area contributed by atoms with Gasteiger partial charge in [0, 0.05) is 5.69 Å². The minimum atomic E-state index is 0.894. The Bertz CT molecular complexity index is 789. The van der Waals surface area contributed by atoms with E-state index in [-0.39, 0.29) is 0 Å². The molecule has 0 amide bonds. The molecule has 0 saturated carbocycles. The Balaban J connectivity index is 2.03. The van der Waals surface area contributed by atoms with Crippen LogP contribution in [0, 0.1) is 13.8 Å². The fourth-order valence-electron chi connectivity index (χ4n) is 3.09. The van der Waals surface area contributed by atoms with Crippen molar-refractivity contribution in [1.82, 2.24) is 0 Å². The number of hydrogen-bond donors (Lipinski definition) is 1. The summed E-state index contributed by atoms with van der Waals surface area (Å²) in [5, 5.41) is 0. The molecule has 0 bridgehead atoms. The Morgan fingerprint density at radius 3 is 1.78 bits per heavy atom. The van der Waals surface area contributed by atoms with Crippen LogP contribution in [0.2, 0.25) is 0 Å². The maximum absolute atomic E-state index is 6.24. The molecule has 2 N–H and O–H groups in total. The average molecular weight is 301 g/mol. The zero-order valence-electron chi connectivity index (χ0n) is 13.8. The highest BCUT2D eigenvalue weighted by atomic mass is 14.6. The fourth-order valence-corrected chi connectivity index (χ4v) is 3.09. The second-order valence-corrected chi connectivity index (χ2v) is 6.18. The van der Waals surface area contributed by atoms with E-state index in [1.807, 2.05) is 0 Å². The standard InChI is InChI=1S/C22H23N/c1-16-17(2)22(23)15-20(13-18-9-5-3-6-10-18)21(16)14-19-11-7-4-8-12-19/h3-12,15H,13-14,23H2,1-2H3. The third kappa shape index (κ3) is 3.45. The SMILES string of the molecule is Cc1c(N)cc(Cc2ccccc2)c(Cc2ccccc2)c1C. The van der Waals surface area contributed by atoms with E-state index in [0.717, 1.165) is 18.5 Å². The topological polar surface area (TPSA) is 26.0 Å². The smallest absolute Gasteiger partial charge is 0.0349 e. The molecule has 0 aliphatic heterocycles. The number of anilines is 1. The van der Waals surface area contributed by atoms with Gasteiger partial charge in [-0.3, -0.25) is 0 Å². The maximum Gasteiger partial charge on any atom is 0.0349 e. The predicted octanol–water partition coefficient (Wildman–Crippen LogP) is 5.07. The summed E-state index contributed by atoms with van der Waals surface area (Å²) in [7, 11) is 0. The van der Waals surface area contributed by atoms with E-state index in [9.17, 15) is 0 Å². The van der Waals surface area contributed by atoms with E-state index >= 15 is 0 Å². The summed E-state index contributed by atoms with van der Waals surface area (Å²) in [4.78, 5) is 0. The molecule has 1 nitrogen and oxygen atoms in total. The zero-order chi connectivity index (χ0) is 16.2. The van der Waals surface area contributed by atoms with Crippen molar-refractivity contribution in [2.45, 2.75) is 26.7 Å². The van der Waals surface area contributed by atoms with Gasteiger partial charge in [-0.25, -0.2) is 0 Å². The largest absolute Gasteiger partial charge is 0.398 e. The molecule has 0 unspecified atom stereocenters. The summed E-state index contributed by atoms with van der Waals surface area (Å²) in [6.07, 6.45) is 1.88. The van der Waals surface area contributed by atoms with Crippen LogP contribution in [-0.2, 0) is 12.8 Å². The van der Waals surface area contributed by atoms with Crippen molar-refractivity contribution >= 4 is 5.69 Å². The third-order valence-corrected chi connectivity index (χ3v) is 4.63. The van der Waals surface area contributed by atoms with Gasteiger partial charge in [-0.2, -0.15) is 0 Å². The van der Waals surface area contributed by atoms with Crippen molar-refractivity contribution in [3.63, 3.8) is 0 Å². The van der Waals surface area contributed by atoms with Crippen molar-refractivity contribution in [3.05, 3.63) is 100 Å². The van der Waals surface area contributed by atoms with Gasteiger partial charge in [-0.05, 0) is 66.1 Å². The van der Waals surface area contributed by atoms with Crippen molar-refractivity contribution in [2.24, 2.45) is 0 Å². The Labute approximate surface area is 138 Å². The molecule has 0 fully saturated rings. The number of nitrogen functional groups attached to an aromatic ring is 1. The maximum atomic E-state index is 6.24. The molecule has 0 saturated heterocycles. The van der Waals surface area contributed by atoms with E-state index in [0.29, 0.717) is 0 Å². The van der Waals surface area contributed by atoms with Crippen molar-refractivity contribution < 1.29 is 0 Å². The quantitative estimate of drug-likeness (QED) is 0.669. The highest BCUT2D eigenvalue weighted by molar-refractivity contribution is 5.58. The molecule has 23 heavy (non-hydrogen) atoms. The van der Waals surface area contributed by atoms with Crippen LogP contribution in [0.25, 0.3) is 0 Å². The van der Waals surface area contributed by atoms with Gasteiger partial charge in [0.2, 0.25) is 0 Å². The minimum absolute atomic E-state index is 0.894. The number of rotatable bonds is 4. The molecule has 116 valence electrons. The van der Waals surface area contributed by atoms with Crippen LogP contribution in [0.5, 0.6) is 0 Å². The second kappa shape index (κ2) is 6.70. The second-order valence-electron chi connectivity index (χ2n) is 6.18. The molecule has 1 heteroatoms. The molecule has 0 radical (unpaired) electrons. The summed E-state index contributed by atoms with van der Waals surface area (Å²) in [5.41, 5.74) is 15.1.